The van der Waals surface area contributed by atoms with Crippen molar-refractivity contribution in [2.45, 2.75) is 32.1 Å². The van der Waals surface area contributed by atoms with E-state index in [9.17, 15) is 0 Å². The van der Waals surface area contributed by atoms with E-state index in [1.165, 1.54) is 71.6 Å². The van der Waals surface area contributed by atoms with Crippen LogP contribution in [-0.2, 0) is 18.3 Å². The molecule has 3 nitrogen and oxygen atoms in total. The topological polar surface area (TPSA) is 30.7 Å². The number of benzene rings is 7. The average molecular weight is 640 g/mol. The van der Waals surface area contributed by atoms with Crippen molar-refractivity contribution in [1.29, 1.82) is 0 Å². The molecule has 0 unspecified atom stereocenters. The van der Waals surface area contributed by atoms with E-state index in [2.05, 4.69) is 158 Å². The van der Waals surface area contributed by atoms with Crippen LogP contribution in [-0.4, -0.2) is 14.5 Å². The zero-order valence-corrected chi connectivity index (χ0v) is 28.0. The first kappa shape index (κ1) is 27.8. The van der Waals surface area contributed by atoms with Gasteiger partial charge in [0.15, 0.2) is 0 Å². The number of hydrogen-bond acceptors (Lipinski definition) is 2. The number of para-hydroxylation sites is 2. The summed E-state index contributed by atoms with van der Waals surface area (Å²) in [5.74, 6) is 0.703. The van der Waals surface area contributed by atoms with Gasteiger partial charge in [0.1, 0.15) is 0 Å². The molecule has 0 amide bonds. The first-order valence-electron chi connectivity index (χ1n) is 17.6. The van der Waals surface area contributed by atoms with Gasteiger partial charge in [-0.05, 0) is 92.4 Å². The van der Waals surface area contributed by atoms with Crippen LogP contribution in [0.3, 0.4) is 0 Å². The van der Waals surface area contributed by atoms with Crippen LogP contribution in [0.2, 0.25) is 0 Å². The third-order valence-corrected chi connectivity index (χ3v) is 11.5. The third-order valence-electron chi connectivity index (χ3n) is 11.5. The summed E-state index contributed by atoms with van der Waals surface area (Å²) in [4.78, 5) is 10.8. The normalized spacial score (nSPS) is 14.2. The van der Waals surface area contributed by atoms with Gasteiger partial charge in [0.2, 0.25) is 5.95 Å². The summed E-state index contributed by atoms with van der Waals surface area (Å²) in [6.45, 7) is 4.80. The average Bonchev–Trinajstić information content (AvgIpc) is 3.62. The molecule has 0 aliphatic heterocycles. The minimum atomic E-state index is -0.244. The molecule has 0 radical (unpaired) electrons. The Morgan fingerprint density at radius 1 is 0.560 bits per heavy atom. The predicted octanol–water partition coefficient (Wildman–Crippen LogP) is 11.3. The zero-order valence-electron chi connectivity index (χ0n) is 28.0. The summed E-state index contributed by atoms with van der Waals surface area (Å²) >= 11 is 0. The molecule has 7 aromatic carbocycles. The largest absolute Gasteiger partial charge is 0.278 e. The Morgan fingerprint density at radius 2 is 1.20 bits per heavy atom. The number of nitrogens with zero attached hydrogens (tertiary/aromatic N) is 3. The smallest absolute Gasteiger partial charge is 0.235 e. The molecule has 0 saturated carbocycles. The van der Waals surface area contributed by atoms with Gasteiger partial charge in [-0.1, -0.05) is 129 Å². The molecule has 0 bridgehead atoms. The second kappa shape index (κ2) is 9.99. The quantitative estimate of drug-likeness (QED) is 0.188. The third kappa shape index (κ3) is 3.69. The van der Waals surface area contributed by atoms with Crippen molar-refractivity contribution in [3.8, 4) is 28.3 Å². The summed E-state index contributed by atoms with van der Waals surface area (Å²) in [5, 5.41) is 6.23. The molecule has 9 aromatic rings. The Balaban J connectivity index is 1.33. The fraction of sp³-hybridized carbons (Fsp3) is 0.106. The molecule has 0 N–H and O–H groups in total. The molecule has 50 heavy (non-hydrogen) atoms. The summed E-state index contributed by atoms with van der Waals surface area (Å²) < 4.78 is 2.38. The fourth-order valence-electron chi connectivity index (χ4n) is 9.20. The van der Waals surface area contributed by atoms with Crippen molar-refractivity contribution in [2.24, 2.45) is 0 Å². The lowest BCUT2D eigenvalue weighted by Gasteiger charge is -2.25. The molecule has 2 aromatic heterocycles. The molecule has 2 aliphatic carbocycles. The van der Waals surface area contributed by atoms with E-state index >= 15 is 0 Å². The van der Waals surface area contributed by atoms with Crippen LogP contribution < -0.4 is 0 Å². The molecule has 3 heteroatoms. The van der Waals surface area contributed by atoms with Crippen LogP contribution in [0, 0.1) is 0 Å². The van der Waals surface area contributed by atoms with Gasteiger partial charge in [0, 0.05) is 27.1 Å². The molecule has 11 rings (SSSR count). The van der Waals surface area contributed by atoms with Crippen molar-refractivity contribution in [2.75, 3.05) is 0 Å². The Kier molecular flexibility index (Phi) is 5.57. The minimum absolute atomic E-state index is 0.244. The van der Waals surface area contributed by atoms with Gasteiger partial charge in [-0.3, -0.25) is 4.57 Å². The van der Waals surface area contributed by atoms with Gasteiger partial charge in [-0.15, -0.1) is 0 Å². The summed E-state index contributed by atoms with van der Waals surface area (Å²) in [6, 6.07) is 50.9. The fourth-order valence-corrected chi connectivity index (χ4v) is 9.20. The molecule has 0 saturated heterocycles. The maximum absolute atomic E-state index is 5.46. The lowest BCUT2D eigenvalue weighted by molar-refractivity contribution is 0.664. The van der Waals surface area contributed by atoms with E-state index in [1.807, 2.05) is 0 Å². The van der Waals surface area contributed by atoms with Crippen LogP contribution in [0.4, 0.5) is 0 Å². The van der Waals surface area contributed by atoms with E-state index in [-0.39, 0.29) is 5.41 Å². The van der Waals surface area contributed by atoms with Crippen LogP contribution in [0.15, 0.2) is 140 Å². The molecular formula is C47H33N3. The Bertz CT molecular complexity index is 2890. The summed E-state index contributed by atoms with van der Waals surface area (Å²) in [7, 11) is 0. The first-order chi connectivity index (χ1) is 24.6. The highest BCUT2D eigenvalue weighted by Crippen LogP contribution is 2.56. The van der Waals surface area contributed by atoms with Gasteiger partial charge in [-0.2, -0.15) is 0 Å². The summed E-state index contributed by atoms with van der Waals surface area (Å²) in [6.07, 6.45) is 1.92. The molecule has 0 fully saturated rings. The summed E-state index contributed by atoms with van der Waals surface area (Å²) in [5.41, 5.74) is 16.2. The van der Waals surface area contributed by atoms with E-state index in [0.29, 0.717) is 5.95 Å². The van der Waals surface area contributed by atoms with Gasteiger partial charge in [-0.25, -0.2) is 9.97 Å². The van der Waals surface area contributed by atoms with E-state index in [4.69, 9.17) is 9.97 Å². The number of hydrogen-bond donors (Lipinski definition) is 0. The lowest BCUT2D eigenvalue weighted by Crippen LogP contribution is -2.17. The second-order valence-corrected chi connectivity index (χ2v) is 14.5. The van der Waals surface area contributed by atoms with Crippen LogP contribution >= 0.6 is 0 Å². The Hall–Kier alpha value is -6.06. The lowest BCUT2D eigenvalue weighted by atomic mass is 9.79. The van der Waals surface area contributed by atoms with E-state index < -0.39 is 0 Å². The van der Waals surface area contributed by atoms with Gasteiger partial charge in [0.05, 0.1) is 22.2 Å². The monoisotopic (exact) mass is 639 g/mol. The molecule has 0 atom stereocenters. The van der Waals surface area contributed by atoms with Gasteiger partial charge in [0.25, 0.3) is 0 Å². The SMILES string of the molecule is CC1(C)c2ccccc2-c2c1c1c(c3cc4c(cc23)Cc2ccccc2C4)c2ccccc2n1-c1nc(-c2ccccc2)c2ccccc2n1. The maximum atomic E-state index is 5.46. The standard InChI is InChI=1S/C47H33N3/c1-47(2)38-21-11-8-18-33(38)41-36-26-31-24-29-16-6-7-17-30(29)25-32(31)27-37(36)42-35-20-10-13-23-40(35)50(45(42)43(41)47)46-48-39-22-12-9-19-34(39)44(49-46)28-14-4-3-5-15-28/h3-23,26-27H,24-25H2,1-2H3. The number of rotatable bonds is 2. The van der Waals surface area contributed by atoms with E-state index in [1.54, 1.807) is 0 Å². The minimum Gasteiger partial charge on any atom is -0.278 e. The van der Waals surface area contributed by atoms with Crippen LogP contribution in [0.25, 0.3) is 71.8 Å². The molecular weight excluding hydrogens is 607 g/mol. The first-order valence-corrected chi connectivity index (χ1v) is 17.6. The van der Waals surface area contributed by atoms with Crippen LogP contribution in [0.1, 0.15) is 47.2 Å². The van der Waals surface area contributed by atoms with Crippen molar-refractivity contribution in [3.63, 3.8) is 0 Å². The molecule has 2 heterocycles. The van der Waals surface area contributed by atoms with Gasteiger partial charge >= 0.3 is 0 Å². The van der Waals surface area contributed by atoms with Gasteiger partial charge < -0.3 is 0 Å². The Morgan fingerprint density at radius 3 is 2.00 bits per heavy atom. The van der Waals surface area contributed by atoms with Crippen molar-refractivity contribution in [1.82, 2.24) is 14.5 Å². The molecule has 0 spiro atoms. The second-order valence-electron chi connectivity index (χ2n) is 14.5. The molecule has 2 aliphatic rings. The maximum Gasteiger partial charge on any atom is 0.235 e. The highest BCUT2D eigenvalue weighted by molar-refractivity contribution is 6.27. The van der Waals surface area contributed by atoms with Crippen LogP contribution in [0.5, 0.6) is 0 Å². The number of aromatic nitrogens is 3. The highest BCUT2D eigenvalue weighted by atomic mass is 15.2. The Labute approximate surface area is 290 Å². The predicted molar refractivity (Wildman–Crippen MR) is 206 cm³/mol. The molecule has 236 valence electrons. The zero-order chi connectivity index (χ0) is 33.1. The highest BCUT2D eigenvalue weighted by Gasteiger charge is 2.40. The van der Waals surface area contributed by atoms with Crippen molar-refractivity contribution >= 4 is 43.5 Å². The number of fused-ring (bicyclic) bond motifs is 13. The van der Waals surface area contributed by atoms with Crippen molar-refractivity contribution < 1.29 is 0 Å². The van der Waals surface area contributed by atoms with E-state index in [0.717, 1.165) is 40.5 Å². The van der Waals surface area contributed by atoms with Crippen molar-refractivity contribution in [3.05, 3.63) is 173 Å².